The Kier molecular flexibility index (Phi) is 5.95. The summed E-state index contributed by atoms with van der Waals surface area (Å²) in [6, 6.07) is 15.5. The van der Waals surface area contributed by atoms with Crippen molar-refractivity contribution in [3.8, 4) is 5.75 Å². The molecule has 0 saturated heterocycles. The number of hydrogen-bond acceptors (Lipinski definition) is 4. The monoisotopic (exact) mass is 537 g/mol. The van der Waals surface area contributed by atoms with Crippen LogP contribution in [-0.4, -0.2) is 26.2 Å². The highest BCUT2D eigenvalue weighted by Gasteiger charge is 2.39. The first-order valence-electron chi connectivity index (χ1n) is 9.21. The molecule has 0 spiro atoms. The standard InChI is InChI=1S/C22H18ClFIN3O2/c1-13-3-9-18(21(24)26-13)20-19-11-16(30-2)8-10-17(19)22(29)27(28(20)25)12-14-4-6-15(23)7-5-14/h3-11,20H,12H2,1-2H3/t20-/m0/s1. The number of nitrogens with zero attached hydrogens (tertiary/aromatic N) is 3. The number of carbonyl (C=O) groups is 1. The smallest absolute Gasteiger partial charge is 0.269 e. The number of halogens is 3. The van der Waals surface area contributed by atoms with Gasteiger partial charge in [0.2, 0.25) is 5.95 Å². The van der Waals surface area contributed by atoms with Crippen LogP contribution in [0.15, 0.2) is 54.6 Å². The summed E-state index contributed by atoms with van der Waals surface area (Å²) in [4.78, 5) is 17.3. The van der Waals surface area contributed by atoms with Crippen LogP contribution in [0, 0.1) is 12.9 Å². The summed E-state index contributed by atoms with van der Waals surface area (Å²) >= 11 is 8.04. The summed E-state index contributed by atoms with van der Waals surface area (Å²) < 4.78 is 22.0. The van der Waals surface area contributed by atoms with Crippen molar-refractivity contribution in [3.63, 3.8) is 0 Å². The molecular weight excluding hydrogens is 520 g/mol. The molecule has 5 nitrogen and oxygen atoms in total. The van der Waals surface area contributed by atoms with E-state index in [0.29, 0.717) is 39.7 Å². The zero-order valence-electron chi connectivity index (χ0n) is 16.3. The van der Waals surface area contributed by atoms with Crippen LogP contribution in [0.3, 0.4) is 0 Å². The maximum Gasteiger partial charge on any atom is 0.269 e. The van der Waals surface area contributed by atoms with Crippen molar-refractivity contribution < 1.29 is 13.9 Å². The van der Waals surface area contributed by atoms with Gasteiger partial charge in [0.15, 0.2) is 0 Å². The molecule has 154 valence electrons. The van der Waals surface area contributed by atoms with E-state index in [9.17, 15) is 9.18 Å². The Balaban J connectivity index is 1.83. The van der Waals surface area contributed by atoms with Crippen LogP contribution in [0.2, 0.25) is 5.02 Å². The Morgan fingerprint density at radius 3 is 2.53 bits per heavy atom. The van der Waals surface area contributed by atoms with E-state index in [4.69, 9.17) is 16.3 Å². The van der Waals surface area contributed by atoms with Crippen LogP contribution in [0.4, 0.5) is 4.39 Å². The van der Waals surface area contributed by atoms with E-state index in [-0.39, 0.29) is 5.91 Å². The quantitative estimate of drug-likeness (QED) is 0.250. The molecule has 0 fully saturated rings. The molecule has 0 aliphatic carbocycles. The Hall–Kier alpha value is -2.23. The van der Waals surface area contributed by atoms with Gasteiger partial charge in [-0.2, -0.15) is 4.39 Å². The van der Waals surface area contributed by atoms with Crippen LogP contribution in [-0.2, 0) is 6.54 Å². The fourth-order valence-electron chi connectivity index (χ4n) is 3.49. The zero-order chi connectivity index (χ0) is 21.4. The molecular formula is C22H18ClFIN3O2. The normalized spacial score (nSPS) is 16.5. The summed E-state index contributed by atoms with van der Waals surface area (Å²) in [5, 5.41) is 2.22. The molecule has 0 N–H and O–H groups in total. The second-order valence-electron chi connectivity index (χ2n) is 6.97. The van der Waals surface area contributed by atoms with Gasteiger partial charge in [-0.05, 0) is 54.4 Å². The second kappa shape index (κ2) is 8.49. The van der Waals surface area contributed by atoms with Gasteiger partial charge in [0.1, 0.15) is 5.75 Å². The molecule has 0 unspecified atom stereocenters. The lowest BCUT2D eigenvalue weighted by atomic mass is 9.92. The molecule has 2 aromatic carbocycles. The van der Waals surface area contributed by atoms with Crippen molar-refractivity contribution in [2.24, 2.45) is 0 Å². The first-order valence-corrected chi connectivity index (χ1v) is 10.6. The SMILES string of the molecule is COc1ccc2c(c1)[C@H](c1ccc(C)nc1F)N(I)N(Cc1ccc(Cl)cc1)C2=O. The first-order chi connectivity index (χ1) is 14.4. The average molecular weight is 538 g/mol. The lowest BCUT2D eigenvalue weighted by Crippen LogP contribution is -2.47. The number of carbonyl (C=O) groups excluding carboxylic acids is 1. The number of aryl methyl sites for hydroxylation is 1. The molecule has 4 rings (SSSR count). The third-order valence-corrected chi connectivity index (χ3v) is 6.35. The number of hydrogen-bond donors (Lipinski definition) is 0. The molecule has 1 aliphatic heterocycles. The van der Waals surface area contributed by atoms with E-state index in [1.807, 2.05) is 12.1 Å². The number of hydrazine groups is 1. The Morgan fingerprint density at radius 2 is 1.87 bits per heavy atom. The van der Waals surface area contributed by atoms with Gasteiger partial charge in [-0.25, -0.2) is 4.98 Å². The number of benzene rings is 2. The molecule has 1 aromatic heterocycles. The molecule has 1 atom stereocenters. The number of amides is 1. The van der Waals surface area contributed by atoms with E-state index in [1.54, 1.807) is 64.7 Å². The number of methoxy groups -OCH3 is 1. The van der Waals surface area contributed by atoms with Gasteiger partial charge in [0, 0.05) is 44.7 Å². The third kappa shape index (κ3) is 3.89. The minimum absolute atomic E-state index is 0.172. The largest absolute Gasteiger partial charge is 0.497 e. The molecule has 0 saturated carbocycles. The second-order valence-corrected chi connectivity index (χ2v) is 8.39. The Morgan fingerprint density at radius 1 is 1.13 bits per heavy atom. The van der Waals surface area contributed by atoms with Gasteiger partial charge >= 0.3 is 0 Å². The first kappa shape index (κ1) is 21.0. The van der Waals surface area contributed by atoms with Crippen molar-refractivity contribution in [2.75, 3.05) is 7.11 Å². The minimum Gasteiger partial charge on any atom is -0.497 e. The number of ether oxygens (including phenoxy) is 1. The molecule has 8 heteroatoms. The average Bonchev–Trinajstić information content (AvgIpc) is 2.73. The molecule has 0 radical (unpaired) electrons. The van der Waals surface area contributed by atoms with Gasteiger partial charge < -0.3 is 4.74 Å². The van der Waals surface area contributed by atoms with E-state index in [1.165, 1.54) is 0 Å². The van der Waals surface area contributed by atoms with Crippen LogP contribution < -0.4 is 4.74 Å². The van der Waals surface area contributed by atoms with Crippen molar-refractivity contribution >= 4 is 40.4 Å². The molecule has 2 heterocycles. The molecule has 1 amide bonds. The third-order valence-electron chi connectivity index (χ3n) is 5.02. The Labute approximate surface area is 192 Å². The van der Waals surface area contributed by atoms with Crippen molar-refractivity contribution in [1.29, 1.82) is 0 Å². The highest BCUT2D eigenvalue weighted by atomic mass is 127. The fourth-order valence-corrected chi connectivity index (χ4v) is 4.57. The molecule has 30 heavy (non-hydrogen) atoms. The van der Waals surface area contributed by atoms with Crippen molar-refractivity contribution in [3.05, 3.63) is 93.5 Å². The molecule has 3 aromatic rings. The predicted octanol–water partition coefficient (Wildman–Crippen LogP) is 5.50. The van der Waals surface area contributed by atoms with Crippen LogP contribution in [0.25, 0.3) is 0 Å². The van der Waals surface area contributed by atoms with E-state index in [2.05, 4.69) is 27.8 Å². The minimum atomic E-state index is -0.559. The molecule has 1 aliphatic rings. The van der Waals surface area contributed by atoms with Gasteiger partial charge in [-0.3, -0.25) is 9.80 Å². The summed E-state index contributed by atoms with van der Waals surface area (Å²) in [5.41, 5.74) is 3.06. The topological polar surface area (TPSA) is 45.7 Å². The van der Waals surface area contributed by atoms with Crippen molar-refractivity contribution in [2.45, 2.75) is 19.5 Å². The number of rotatable bonds is 4. The van der Waals surface area contributed by atoms with Gasteiger partial charge in [-0.1, -0.05) is 29.8 Å². The maximum absolute atomic E-state index is 14.9. The number of aromatic nitrogens is 1. The zero-order valence-corrected chi connectivity index (χ0v) is 19.2. The lowest BCUT2D eigenvalue weighted by molar-refractivity contribution is 0.0276. The van der Waals surface area contributed by atoms with Gasteiger partial charge in [0.05, 0.1) is 19.7 Å². The van der Waals surface area contributed by atoms with Gasteiger partial charge in [-0.15, -0.1) is 3.22 Å². The highest BCUT2D eigenvalue weighted by Crippen LogP contribution is 2.42. The summed E-state index contributed by atoms with van der Waals surface area (Å²) in [6.45, 7) is 2.06. The van der Waals surface area contributed by atoms with Crippen molar-refractivity contribution in [1.82, 2.24) is 13.2 Å². The van der Waals surface area contributed by atoms with E-state index < -0.39 is 12.0 Å². The fraction of sp³-hybridized carbons (Fsp3) is 0.182. The number of pyridine rings is 1. The van der Waals surface area contributed by atoms with E-state index in [0.717, 1.165) is 5.56 Å². The van der Waals surface area contributed by atoms with Crippen LogP contribution >= 0.6 is 34.5 Å². The number of fused-ring (bicyclic) bond motifs is 1. The summed E-state index contributed by atoms with van der Waals surface area (Å²) in [7, 11) is 1.56. The van der Waals surface area contributed by atoms with Crippen LogP contribution in [0.1, 0.15) is 38.8 Å². The summed E-state index contributed by atoms with van der Waals surface area (Å²) in [5.74, 6) is -0.132. The Bertz CT molecular complexity index is 1110. The van der Waals surface area contributed by atoms with Gasteiger partial charge in [0.25, 0.3) is 5.91 Å². The highest BCUT2D eigenvalue weighted by molar-refractivity contribution is 14.1. The maximum atomic E-state index is 14.9. The molecule has 0 bridgehead atoms. The summed E-state index contributed by atoms with van der Waals surface area (Å²) in [6.07, 6.45) is 0. The van der Waals surface area contributed by atoms with E-state index >= 15 is 0 Å². The predicted molar refractivity (Wildman–Crippen MR) is 121 cm³/mol. The van der Waals surface area contributed by atoms with Crippen LogP contribution in [0.5, 0.6) is 5.75 Å². The lowest BCUT2D eigenvalue weighted by Gasteiger charge is -2.41.